The molecule has 1 aromatic rings. The van der Waals surface area contributed by atoms with Gasteiger partial charge in [0, 0.05) is 13.0 Å². The first-order valence-corrected chi connectivity index (χ1v) is 6.57. The van der Waals surface area contributed by atoms with Gasteiger partial charge in [-0.2, -0.15) is 0 Å². The summed E-state index contributed by atoms with van der Waals surface area (Å²) in [5, 5.41) is 0. The Morgan fingerprint density at radius 1 is 1.40 bits per heavy atom. The fraction of sp³-hybridized carbons (Fsp3) is 0.400. The number of aldehydes is 1. The molecule has 1 aliphatic rings. The Kier molecular flexibility index (Phi) is 4.50. The molecule has 0 radical (unpaired) electrons. The summed E-state index contributed by atoms with van der Waals surface area (Å²) in [6, 6.07) is 6.79. The summed E-state index contributed by atoms with van der Waals surface area (Å²) in [6.07, 6.45) is 2.57. The van der Waals surface area contributed by atoms with E-state index in [-0.39, 0.29) is 17.9 Å². The molecule has 0 unspecified atom stereocenters. The van der Waals surface area contributed by atoms with Gasteiger partial charge >= 0.3 is 5.97 Å². The number of likely N-dealkylation sites (tertiary alicyclic amines) is 1. The predicted molar refractivity (Wildman–Crippen MR) is 72.3 cm³/mol. The first kappa shape index (κ1) is 14.2. The number of ether oxygens (including phenoxy) is 1. The molecule has 5 heteroatoms. The molecule has 1 saturated heterocycles. The fourth-order valence-corrected chi connectivity index (χ4v) is 2.36. The second-order valence-corrected chi connectivity index (χ2v) is 4.77. The third kappa shape index (κ3) is 3.04. The van der Waals surface area contributed by atoms with Crippen molar-refractivity contribution in [1.29, 1.82) is 0 Å². The molecule has 0 bridgehead atoms. The summed E-state index contributed by atoms with van der Waals surface area (Å²) < 4.78 is 4.63. The van der Waals surface area contributed by atoms with Crippen LogP contribution in [0.2, 0.25) is 0 Å². The highest BCUT2D eigenvalue weighted by atomic mass is 16.5. The maximum atomic E-state index is 11.7. The highest BCUT2D eigenvalue weighted by molar-refractivity contribution is 5.89. The van der Waals surface area contributed by atoms with Crippen LogP contribution in [0.15, 0.2) is 24.3 Å². The van der Waals surface area contributed by atoms with Crippen LogP contribution in [-0.4, -0.2) is 42.8 Å². The van der Waals surface area contributed by atoms with Gasteiger partial charge in [-0.25, -0.2) is 4.79 Å². The first-order chi connectivity index (χ1) is 9.65. The van der Waals surface area contributed by atoms with Crippen LogP contribution in [0.5, 0.6) is 0 Å². The summed E-state index contributed by atoms with van der Waals surface area (Å²) in [4.78, 5) is 35.5. The molecule has 5 nitrogen and oxygen atoms in total. The van der Waals surface area contributed by atoms with Crippen LogP contribution >= 0.6 is 0 Å². The van der Waals surface area contributed by atoms with Crippen LogP contribution in [0.25, 0.3) is 0 Å². The third-order valence-corrected chi connectivity index (χ3v) is 3.55. The standard InChI is InChI=1S/C15H17NO4/c1-20-15(19)12-4-2-11(3-5-12)8-9-16-13(10-17)6-7-14(16)18/h2-5,10,13H,6-9H2,1H3/t13-/m1/s1. The van der Waals surface area contributed by atoms with Crippen molar-refractivity contribution in [3.63, 3.8) is 0 Å². The Labute approximate surface area is 117 Å². The van der Waals surface area contributed by atoms with E-state index >= 15 is 0 Å². The second-order valence-electron chi connectivity index (χ2n) is 4.77. The van der Waals surface area contributed by atoms with Crippen molar-refractivity contribution in [2.24, 2.45) is 0 Å². The van der Waals surface area contributed by atoms with E-state index in [2.05, 4.69) is 4.74 Å². The van der Waals surface area contributed by atoms with E-state index in [0.717, 1.165) is 11.8 Å². The number of amides is 1. The van der Waals surface area contributed by atoms with Crippen molar-refractivity contribution in [3.05, 3.63) is 35.4 Å². The Morgan fingerprint density at radius 2 is 2.10 bits per heavy atom. The average Bonchev–Trinajstić information content (AvgIpc) is 2.85. The van der Waals surface area contributed by atoms with Gasteiger partial charge in [-0.1, -0.05) is 12.1 Å². The Bertz CT molecular complexity index is 509. The molecular weight excluding hydrogens is 258 g/mol. The summed E-state index contributed by atoms with van der Waals surface area (Å²) in [6.45, 7) is 0.528. The molecular formula is C15H17NO4. The van der Waals surface area contributed by atoms with Gasteiger partial charge in [-0.3, -0.25) is 4.79 Å². The lowest BCUT2D eigenvalue weighted by Crippen LogP contribution is -2.35. The molecule has 1 amide bonds. The number of rotatable bonds is 5. The van der Waals surface area contributed by atoms with Gasteiger partial charge in [-0.15, -0.1) is 0 Å². The second kappa shape index (κ2) is 6.32. The van der Waals surface area contributed by atoms with E-state index in [9.17, 15) is 14.4 Å². The Morgan fingerprint density at radius 3 is 2.70 bits per heavy atom. The van der Waals surface area contributed by atoms with Gasteiger partial charge in [0.2, 0.25) is 5.91 Å². The normalized spacial score (nSPS) is 18.1. The van der Waals surface area contributed by atoms with E-state index in [1.165, 1.54) is 7.11 Å². The average molecular weight is 275 g/mol. The number of hydrogen-bond acceptors (Lipinski definition) is 4. The van der Waals surface area contributed by atoms with Crippen molar-refractivity contribution < 1.29 is 19.1 Å². The summed E-state index contributed by atoms with van der Waals surface area (Å²) in [5.74, 6) is -0.333. The molecule has 0 aromatic heterocycles. The topological polar surface area (TPSA) is 63.7 Å². The van der Waals surface area contributed by atoms with Crippen LogP contribution in [0.3, 0.4) is 0 Å². The molecule has 0 aliphatic carbocycles. The maximum absolute atomic E-state index is 11.7. The Hall–Kier alpha value is -2.17. The monoisotopic (exact) mass is 275 g/mol. The zero-order chi connectivity index (χ0) is 14.5. The van der Waals surface area contributed by atoms with Crippen molar-refractivity contribution in [1.82, 2.24) is 4.90 Å². The van der Waals surface area contributed by atoms with E-state index < -0.39 is 0 Å². The van der Waals surface area contributed by atoms with Gasteiger partial charge in [0.15, 0.2) is 0 Å². The van der Waals surface area contributed by atoms with E-state index in [1.807, 2.05) is 12.1 Å². The molecule has 106 valence electrons. The highest BCUT2D eigenvalue weighted by Crippen LogP contribution is 2.17. The van der Waals surface area contributed by atoms with Gasteiger partial charge < -0.3 is 14.4 Å². The molecule has 0 N–H and O–H groups in total. The molecule has 0 saturated carbocycles. The smallest absolute Gasteiger partial charge is 0.337 e. The zero-order valence-corrected chi connectivity index (χ0v) is 11.4. The number of hydrogen-bond donors (Lipinski definition) is 0. The molecule has 1 atom stereocenters. The van der Waals surface area contributed by atoms with Crippen LogP contribution in [-0.2, 0) is 20.7 Å². The van der Waals surface area contributed by atoms with Gasteiger partial charge in [0.1, 0.15) is 6.29 Å². The third-order valence-electron chi connectivity index (χ3n) is 3.55. The van der Waals surface area contributed by atoms with Crippen LogP contribution < -0.4 is 0 Å². The molecule has 0 spiro atoms. The molecule has 1 fully saturated rings. The van der Waals surface area contributed by atoms with Crippen LogP contribution in [0.1, 0.15) is 28.8 Å². The zero-order valence-electron chi connectivity index (χ0n) is 11.4. The number of benzene rings is 1. The van der Waals surface area contributed by atoms with Crippen molar-refractivity contribution in [3.8, 4) is 0 Å². The predicted octanol–water partition coefficient (Wildman–Crippen LogP) is 1.21. The lowest BCUT2D eigenvalue weighted by molar-refractivity contribution is -0.131. The Balaban J connectivity index is 1.95. The van der Waals surface area contributed by atoms with Gasteiger partial charge in [0.25, 0.3) is 0 Å². The van der Waals surface area contributed by atoms with Crippen LogP contribution in [0, 0.1) is 0 Å². The summed E-state index contributed by atoms with van der Waals surface area (Å²) >= 11 is 0. The van der Waals surface area contributed by atoms with E-state index in [4.69, 9.17) is 0 Å². The SMILES string of the molecule is COC(=O)c1ccc(CCN2C(=O)CC[C@@H]2C=O)cc1. The summed E-state index contributed by atoms with van der Waals surface area (Å²) in [5.41, 5.74) is 1.52. The largest absolute Gasteiger partial charge is 0.465 e. The van der Waals surface area contributed by atoms with Crippen molar-refractivity contribution >= 4 is 18.2 Å². The molecule has 20 heavy (non-hydrogen) atoms. The minimum atomic E-state index is -0.368. The van der Waals surface area contributed by atoms with Crippen molar-refractivity contribution in [2.45, 2.75) is 25.3 Å². The number of carbonyl (C=O) groups excluding carboxylic acids is 3. The number of methoxy groups -OCH3 is 1. The van der Waals surface area contributed by atoms with Gasteiger partial charge in [0.05, 0.1) is 18.7 Å². The maximum Gasteiger partial charge on any atom is 0.337 e. The lowest BCUT2D eigenvalue weighted by atomic mass is 10.1. The minimum Gasteiger partial charge on any atom is -0.465 e. The number of esters is 1. The van der Waals surface area contributed by atoms with E-state index in [0.29, 0.717) is 31.4 Å². The van der Waals surface area contributed by atoms with Gasteiger partial charge in [-0.05, 0) is 30.5 Å². The van der Waals surface area contributed by atoms with Crippen molar-refractivity contribution in [2.75, 3.05) is 13.7 Å². The summed E-state index contributed by atoms with van der Waals surface area (Å²) in [7, 11) is 1.34. The lowest BCUT2D eigenvalue weighted by Gasteiger charge is -2.20. The highest BCUT2D eigenvalue weighted by Gasteiger charge is 2.29. The molecule has 1 heterocycles. The molecule has 2 rings (SSSR count). The molecule has 1 aromatic carbocycles. The number of nitrogens with zero attached hydrogens (tertiary/aromatic N) is 1. The first-order valence-electron chi connectivity index (χ1n) is 6.57. The fourth-order valence-electron chi connectivity index (χ4n) is 2.36. The van der Waals surface area contributed by atoms with E-state index in [1.54, 1.807) is 17.0 Å². The quantitative estimate of drug-likeness (QED) is 0.598. The number of carbonyl (C=O) groups is 3. The minimum absolute atomic E-state index is 0.0354. The van der Waals surface area contributed by atoms with Crippen LogP contribution in [0.4, 0.5) is 0 Å². The molecule has 1 aliphatic heterocycles.